The van der Waals surface area contributed by atoms with Crippen LogP contribution in [0.5, 0.6) is 11.5 Å². The topological polar surface area (TPSA) is 47.9 Å². The molecule has 4 nitrogen and oxygen atoms in total. The lowest BCUT2D eigenvalue weighted by Gasteiger charge is -2.39. The second kappa shape index (κ2) is 12.3. The van der Waals surface area contributed by atoms with Crippen LogP contribution in [0.4, 0.5) is 0 Å². The predicted molar refractivity (Wildman–Crippen MR) is 241 cm³/mol. The number of thiophene rings is 1. The van der Waals surface area contributed by atoms with Gasteiger partial charge in [-0.1, -0.05) is 164 Å². The normalized spacial score (nSPS) is 13.4. The molecule has 1 aliphatic heterocycles. The van der Waals surface area contributed by atoms with Crippen molar-refractivity contribution in [1.82, 2.24) is 15.0 Å². The number of hydrogen-bond donors (Lipinski definition) is 0. The minimum absolute atomic E-state index is 0.550. The molecule has 0 fully saturated rings. The first-order valence-electron chi connectivity index (χ1n) is 19.9. The Bertz CT molecular complexity index is 3490. The van der Waals surface area contributed by atoms with Gasteiger partial charge in [0.15, 0.2) is 5.82 Å². The SMILES string of the molecule is c1ccc(-c2nc(-c3ccc(-c4nc5ccccc5c5c6c(ccc45)C4(c5ccccc5Oc5ccccc54)c4ccccc4-6)cc3)c3sc4ccccc4c3n2)cc1. The van der Waals surface area contributed by atoms with Gasteiger partial charge in [-0.15, -0.1) is 11.3 Å². The van der Waals surface area contributed by atoms with E-state index in [1.54, 1.807) is 11.3 Å². The van der Waals surface area contributed by atoms with Gasteiger partial charge in [-0.2, -0.15) is 0 Å². The Balaban J connectivity index is 1.05. The smallest absolute Gasteiger partial charge is 0.160 e. The molecular formula is C54H31N3OS. The number of rotatable bonds is 3. The first-order chi connectivity index (χ1) is 29.3. The van der Waals surface area contributed by atoms with Gasteiger partial charge in [0, 0.05) is 54.1 Å². The number of pyridine rings is 1. The van der Waals surface area contributed by atoms with Crippen LogP contribution in [0.1, 0.15) is 22.3 Å². The molecule has 0 N–H and O–H groups in total. The van der Waals surface area contributed by atoms with Gasteiger partial charge in [-0.3, -0.25) is 0 Å². The van der Waals surface area contributed by atoms with Gasteiger partial charge in [0.25, 0.3) is 0 Å². The summed E-state index contributed by atoms with van der Waals surface area (Å²) in [5.41, 5.74) is 13.7. The molecule has 274 valence electrons. The highest BCUT2D eigenvalue weighted by Gasteiger charge is 2.51. The predicted octanol–water partition coefficient (Wildman–Crippen LogP) is 14.0. The Morgan fingerprint density at radius 2 is 1.05 bits per heavy atom. The maximum Gasteiger partial charge on any atom is 0.160 e. The number of aromatic nitrogens is 3. The fourth-order valence-electron chi connectivity index (χ4n) is 9.89. The third-order valence-electron chi connectivity index (χ3n) is 12.4. The molecule has 0 bridgehead atoms. The molecule has 1 spiro atoms. The van der Waals surface area contributed by atoms with E-state index in [-0.39, 0.29) is 0 Å². The zero-order chi connectivity index (χ0) is 38.7. The van der Waals surface area contributed by atoms with Gasteiger partial charge in [0.2, 0.25) is 0 Å². The van der Waals surface area contributed by atoms with Crippen molar-refractivity contribution in [3.05, 3.63) is 210 Å². The molecule has 5 heteroatoms. The second-order valence-electron chi connectivity index (χ2n) is 15.4. The van der Waals surface area contributed by atoms with Gasteiger partial charge in [0.05, 0.1) is 32.5 Å². The lowest BCUT2D eigenvalue weighted by Crippen LogP contribution is -2.32. The number of fused-ring (bicyclic) bond motifs is 16. The van der Waals surface area contributed by atoms with Crippen LogP contribution in [0.2, 0.25) is 0 Å². The van der Waals surface area contributed by atoms with Crippen LogP contribution in [0.3, 0.4) is 0 Å². The van der Waals surface area contributed by atoms with Gasteiger partial charge in [0.1, 0.15) is 11.5 Å². The van der Waals surface area contributed by atoms with E-state index in [0.717, 1.165) is 88.4 Å². The molecule has 0 atom stereocenters. The monoisotopic (exact) mass is 769 g/mol. The van der Waals surface area contributed by atoms with Gasteiger partial charge in [-0.05, 0) is 46.5 Å². The standard InChI is InChI=1S/C54H31N3OS/c1-2-14-34(15-3-1)53-56-50(52-51(57-53)37-18-6-13-25-46(37)59-52)33-28-26-32(27-29-33)49-38-30-31-42-48(47(38)36-17-5-10-22-43(36)55-49)35-16-4-7-19-39(35)54(42)40-20-8-11-23-44(40)58-45-24-12-9-21-41(45)54/h1-31H. The minimum atomic E-state index is -0.550. The second-order valence-corrected chi connectivity index (χ2v) is 16.4. The van der Waals surface area contributed by atoms with Crippen molar-refractivity contribution in [3.8, 4) is 56.5 Å². The summed E-state index contributed by atoms with van der Waals surface area (Å²) in [6, 6.07) is 66.9. The summed E-state index contributed by atoms with van der Waals surface area (Å²) >= 11 is 1.75. The first kappa shape index (κ1) is 32.6. The van der Waals surface area contributed by atoms with Crippen LogP contribution < -0.4 is 4.74 Å². The lowest BCUT2D eigenvalue weighted by atomic mass is 9.66. The summed E-state index contributed by atoms with van der Waals surface area (Å²) in [6.07, 6.45) is 0. The lowest BCUT2D eigenvalue weighted by molar-refractivity contribution is 0.436. The summed E-state index contributed by atoms with van der Waals surface area (Å²) in [6.45, 7) is 0. The Labute approximate surface area is 343 Å². The van der Waals surface area contributed by atoms with Gasteiger partial charge < -0.3 is 4.74 Å². The highest BCUT2D eigenvalue weighted by molar-refractivity contribution is 7.26. The number of para-hydroxylation sites is 3. The van der Waals surface area contributed by atoms with Crippen molar-refractivity contribution in [2.75, 3.05) is 0 Å². The molecule has 3 aromatic heterocycles. The zero-order valence-electron chi connectivity index (χ0n) is 31.6. The summed E-state index contributed by atoms with van der Waals surface area (Å²) in [4.78, 5) is 15.8. The molecule has 0 unspecified atom stereocenters. The van der Waals surface area contributed by atoms with E-state index in [4.69, 9.17) is 19.7 Å². The Hall–Kier alpha value is -7.47. The van der Waals surface area contributed by atoms with Gasteiger partial charge in [-0.25, -0.2) is 15.0 Å². The molecule has 11 aromatic rings. The van der Waals surface area contributed by atoms with Crippen molar-refractivity contribution >= 4 is 53.3 Å². The Kier molecular flexibility index (Phi) is 6.78. The van der Waals surface area contributed by atoms with E-state index in [9.17, 15) is 0 Å². The molecule has 0 saturated carbocycles. The highest BCUT2D eigenvalue weighted by atomic mass is 32.1. The number of hydrogen-bond acceptors (Lipinski definition) is 5. The van der Waals surface area contributed by atoms with E-state index in [1.807, 2.05) is 18.2 Å². The number of nitrogens with zero attached hydrogens (tertiary/aromatic N) is 3. The molecule has 59 heavy (non-hydrogen) atoms. The maximum absolute atomic E-state index is 6.62. The quantitative estimate of drug-likeness (QED) is 0.168. The van der Waals surface area contributed by atoms with Crippen molar-refractivity contribution in [2.24, 2.45) is 0 Å². The largest absolute Gasteiger partial charge is 0.457 e. The van der Waals surface area contributed by atoms with Crippen LogP contribution in [0, 0.1) is 0 Å². The van der Waals surface area contributed by atoms with Crippen molar-refractivity contribution in [1.29, 1.82) is 0 Å². The summed E-state index contributed by atoms with van der Waals surface area (Å²) in [5, 5.41) is 4.63. The van der Waals surface area contributed by atoms with Crippen molar-refractivity contribution in [3.63, 3.8) is 0 Å². The van der Waals surface area contributed by atoms with E-state index in [2.05, 4.69) is 170 Å². The minimum Gasteiger partial charge on any atom is -0.457 e. The molecule has 4 heterocycles. The maximum atomic E-state index is 6.62. The van der Waals surface area contributed by atoms with Gasteiger partial charge >= 0.3 is 0 Å². The van der Waals surface area contributed by atoms with Crippen LogP contribution in [-0.2, 0) is 5.41 Å². The summed E-state index contributed by atoms with van der Waals surface area (Å²) in [5.74, 6) is 2.51. The van der Waals surface area contributed by atoms with E-state index < -0.39 is 5.41 Å². The van der Waals surface area contributed by atoms with Crippen LogP contribution >= 0.6 is 11.3 Å². The fourth-order valence-corrected chi connectivity index (χ4v) is 11.0. The fraction of sp³-hybridized carbons (Fsp3) is 0.0185. The average Bonchev–Trinajstić information content (AvgIpc) is 3.83. The average molecular weight is 770 g/mol. The van der Waals surface area contributed by atoms with Crippen molar-refractivity contribution < 1.29 is 4.74 Å². The van der Waals surface area contributed by atoms with E-state index >= 15 is 0 Å². The highest BCUT2D eigenvalue weighted by Crippen LogP contribution is 2.63. The molecule has 0 amide bonds. The summed E-state index contributed by atoms with van der Waals surface area (Å²) < 4.78 is 8.92. The molecule has 0 radical (unpaired) electrons. The van der Waals surface area contributed by atoms with E-state index in [1.165, 1.54) is 32.3 Å². The first-order valence-corrected chi connectivity index (χ1v) is 20.8. The zero-order valence-corrected chi connectivity index (χ0v) is 32.4. The third-order valence-corrected chi connectivity index (χ3v) is 13.5. The molecule has 8 aromatic carbocycles. The molecule has 1 aliphatic carbocycles. The van der Waals surface area contributed by atoms with Crippen LogP contribution in [0.15, 0.2) is 188 Å². The molecule has 0 saturated heterocycles. The van der Waals surface area contributed by atoms with Crippen LogP contribution in [-0.4, -0.2) is 15.0 Å². The van der Waals surface area contributed by atoms with Crippen LogP contribution in [0.25, 0.3) is 87.0 Å². The third kappa shape index (κ3) is 4.51. The summed E-state index contributed by atoms with van der Waals surface area (Å²) in [7, 11) is 0. The molecule has 2 aliphatic rings. The number of ether oxygens (including phenoxy) is 1. The Morgan fingerprint density at radius 1 is 0.424 bits per heavy atom. The number of benzene rings is 8. The molecule has 13 rings (SSSR count). The Morgan fingerprint density at radius 3 is 1.83 bits per heavy atom. The van der Waals surface area contributed by atoms with E-state index in [0.29, 0.717) is 0 Å². The molecular weight excluding hydrogens is 739 g/mol. The van der Waals surface area contributed by atoms with Crippen molar-refractivity contribution in [2.45, 2.75) is 5.41 Å².